The number of esters is 2. The van der Waals surface area contributed by atoms with E-state index in [2.05, 4.69) is 4.99 Å². The van der Waals surface area contributed by atoms with Crippen molar-refractivity contribution >= 4 is 43.4 Å². The molecular weight excluding hydrogens is 455 g/mol. The summed E-state index contributed by atoms with van der Waals surface area (Å²) < 4.78 is 10.6. The molecule has 0 aliphatic carbocycles. The number of hydrogen-bond donors (Lipinski definition) is 0. The second kappa shape index (κ2) is 9.47. The van der Waals surface area contributed by atoms with E-state index in [0.717, 1.165) is 0 Å². The van der Waals surface area contributed by atoms with Crippen LogP contribution in [0.2, 0.25) is 5.32 Å². The fraction of sp³-hybridized carbons (Fsp3) is 0.190. The molecule has 0 radical (unpaired) electrons. The molecule has 1 fully saturated rings. The van der Waals surface area contributed by atoms with E-state index in [1.54, 1.807) is 30.3 Å². The Labute approximate surface area is 179 Å². The van der Waals surface area contributed by atoms with Crippen molar-refractivity contribution in [3.63, 3.8) is 0 Å². The van der Waals surface area contributed by atoms with Gasteiger partial charge in [0.25, 0.3) is 0 Å². The summed E-state index contributed by atoms with van der Waals surface area (Å²) in [6, 6.07) is 12.7. The second-order valence-electron chi connectivity index (χ2n) is 6.18. The van der Waals surface area contributed by atoms with E-state index in [1.807, 2.05) is 0 Å². The van der Waals surface area contributed by atoms with Crippen molar-refractivity contribution in [2.75, 3.05) is 6.54 Å². The zero-order valence-corrected chi connectivity index (χ0v) is 18.0. The molecule has 0 atom stereocenters. The molecule has 2 aromatic carbocycles. The molecule has 1 heterocycles. The summed E-state index contributed by atoms with van der Waals surface area (Å²) in [6.07, 6.45) is 0. The van der Waals surface area contributed by atoms with Gasteiger partial charge in [-0.15, -0.1) is 0 Å². The van der Waals surface area contributed by atoms with Crippen molar-refractivity contribution in [3.8, 4) is 11.5 Å². The van der Waals surface area contributed by atoms with Crippen molar-refractivity contribution in [2.24, 2.45) is 4.99 Å². The van der Waals surface area contributed by atoms with E-state index in [0.29, 0.717) is 16.6 Å². The average Bonchev–Trinajstić information content (AvgIpc) is 3.15. The van der Waals surface area contributed by atoms with Crippen molar-refractivity contribution in [1.82, 2.24) is 4.90 Å². The molecule has 0 spiro atoms. The zero-order chi connectivity index (χ0) is 21.7. The summed E-state index contributed by atoms with van der Waals surface area (Å²) in [6.45, 7) is 2.91. The maximum absolute atomic E-state index is 13.1. The van der Waals surface area contributed by atoms with E-state index >= 15 is 0 Å². The van der Waals surface area contributed by atoms with Crippen LogP contribution in [-0.2, 0) is 9.59 Å². The predicted molar refractivity (Wildman–Crippen MR) is 109 cm³/mol. The third-order valence-electron chi connectivity index (χ3n) is 3.96. The van der Waals surface area contributed by atoms with Gasteiger partial charge in [-0.2, -0.15) is 0 Å². The monoisotopic (exact) mass is 474 g/mol. The first-order chi connectivity index (χ1) is 14.4. The molecule has 0 unspecified atom stereocenters. The predicted octanol–water partition coefficient (Wildman–Crippen LogP) is 2.31. The number of carbonyl (C=O) groups is 4. The molecule has 1 aliphatic heterocycles. The second-order valence-corrected chi connectivity index (χ2v) is 8.41. The maximum atomic E-state index is 13.1. The Morgan fingerprint density at radius 1 is 0.867 bits per heavy atom. The molecule has 0 aromatic heterocycles. The minimum atomic E-state index is -0.600. The summed E-state index contributed by atoms with van der Waals surface area (Å²) in [5.74, 6) is -1.81. The van der Waals surface area contributed by atoms with Gasteiger partial charge in [-0.1, -0.05) is 0 Å². The Morgan fingerprint density at radius 2 is 1.40 bits per heavy atom. The fourth-order valence-electron chi connectivity index (χ4n) is 2.75. The molecule has 2 amide bonds. The first kappa shape index (κ1) is 21.4. The summed E-state index contributed by atoms with van der Waals surface area (Å²) in [7, 11) is 0. The quantitative estimate of drug-likeness (QED) is 0.384. The van der Waals surface area contributed by atoms with Crippen LogP contribution >= 0.6 is 0 Å². The molecule has 30 heavy (non-hydrogen) atoms. The molecule has 0 bridgehead atoms. The molecular formula is C21H18N2O6Se. The average molecular weight is 473 g/mol. The van der Waals surface area contributed by atoms with E-state index in [-0.39, 0.29) is 37.6 Å². The molecule has 2 aromatic rings. The topological polar surface area (TPSA) is 102 Å². The van der Waals surface area contributed by atoms with Gasteiger partial charge in [0.05, 0.1) is 0 Å². The van der Waals surface area contributed by atoms with Crippen molar-refractivity contribution in [2.45, 2.75) is 19.2 Å². The summed E-state index contributed by atoms with van der Waals surface area (Å²) in [5.41, 5.74) is 0.349. The van der Waals surface area contributed by atoms with Crippen LogP contribution < -0.4 is 9.47 Å². The van der Waals surface area contributed by atoms with Gasteiger partial charge in [0.1, 0.15) is 0 Å². The number of nitrogens with zero attached hydrogens (tertiary/aromatic N) is 2. The van der Waals surface area contributed by atoms with Gasteiger partial charge in [0.15, 0.2) is 0 Å². The van der Waals surface area contributed by atoms with Crippen LogP contribution in [-0.4, -0.2) is 54.9 Å². The van der Waals surface area contributed by atoms with Gasteiger partial charge < -0.3 is 0 Å². The minimum absolute atomic E-state index is 0.114. The van der Waals surface area contributed by atoms with Gasteiger partial charge in [-0.25, -0.2) is 0 Å². The molecule has 3 rings (SSSR count). The third kappa shape index (κ3) is 5.00. The molecule has 0 saturated carbocycles. The van der Waals surface area contributed by atoms with Crippen LogP contribution in [0.3, 0.4) is 0 Å². The normalized spacial score (nSPS) is 14.5. The van der Waals surface area contributed by atoms with Crippen LogP contribution in [0.15, 0.2) is 53.5 Å². The number of carbonyl (C=O) groups excluding carboxylic acids is 4. The van der Waals surface area contributed by atoms with Crippen LogP contribution in [0, 0.1) is 0 Å². The molecule has 154 valence electrons. The zero-order valence-electron chi connectivity index (χ0n) is 16.3. The number of para-hydroxylation sites is 2. The Bertz CT molecular complexity index is 1050. The standard InChI is InChI=1S/C21H18N2O6Se/c1-13(24)28-17-9-5-3-7-15(17)19(26)22-21-23(11-12-30-21)20(27)16-8-4-6-10-18(16)29-14(2)25/h3-10H,11-12H2,1-2H3. The van der Waals surface area contributed by atoms with Gasteiger partial charge >= 0.3 is 179 Å². The van der Waals surface area contributed by atoms with Gasteiger partial charge in [-0.3, -0.25) is 0 Å². The van der Waals surface area contributed by atoms with Gasteiger partial charge in [-0.05, 0) is 0 Å². The third-order valence-corrected chi connectivity index (χ3v) is 5.97. The van der Waals surface area contributed by atoms with E-state index in [1.165, 1.54) is 36.9 Å². The molecule has 1 saturated heterocycles. The fourth-order valence-corrected chi connectivity index (χ4v) is 4.71. The van der Waals surface area contributed by atoms with E-state index in [4.69, 9.17) is 9.47 Å². The number of rotatable bonds is 4. The van der Waals surface area contributed by atoms with Gasteiger partial charge in [0.2, 0.25) is 0 Å². The van der Waals surface area contributed by atoms with Crippen LogP contribution in [0.5, 0.6) is 11.5 Å². The Kier molecular flexibility index (Phi) is 6.76. The van der Waals surface area contributed by atoms with E-state index < -0.39 is 23.8 Å². The number of benzene rings is 2. The molecule has 8 nitrogen and oxygen atoms in total. The van der Waals surface area contributed by atoms with Crippen molar-refractivity contribution in [1.29, 1.82) is 0 Å². The summed E-state index contributed by atoms with van der Waals surface area (Å²) >= 11 is -0.182. The molecule has 9 heteroatoms. The molecule has 1 aliphatic rings. The first-order valence-corrected chi connectivity index (χ1v) is 11.1. The Balaban J connectivity index is 1.89. The van der Waals surface area contributed by atoms with Crippen LogP contribution in [0.25, 0.3) is 0 Å². The van der Waals surface area contributed by atoms with E-state index in [9.17, 15) is 19.2 Å². The Hall–Kier alpha value is -3.29. The number of ether oxygens (including phenoxy) is 2. The van der Waals surface area contributed by atoms with Gasteiger partial charge in [0, 0.05) is 0 Å². The SMILES string of the molecule is CC(=O)Oc1ccccc1C(=O)N=C1[Se]CCN1C(=O)c1ccccc1OC(C)=O. The number of amidine groups is 1. The number of hydrogen-bond acceptors (Lipinski definition) is 6. The van der Waals surface area contributed by atoms with Crippen LogP contribution in [0.1, 0.15) is 34.6 Å². The molecule has 0 N–H and O–H groups in total. The number of amides is 2. The van der Waals surface area contributed by atoms with Crippen molar-refractivity contribution in [3.05, 3.63) is 59.7 Å². The van der Waals surface area contributed by atoms with Crippen molar-refractivity contribution < 1.29 is 28.7 Å². The Morgan fingerprint density at radius 3 is 2.00 bits per heavy atom. The first-order valence-electron chi connectivity index (χ1n) is 8.99. The number of aliphatic imine (C=N–C) groups is 1. The van der Waals surface area contributed by atoms with Crippen LogP contribution in [0.4, 0.5) is 0 Å². The summed E-state index contributed by atoms with van der Waals surface area (Å²) in [4.78, 5) is 54.0. The summed E-state index contributed by atoms with van der Waals surface area (Å²) in [5, 5.41) is 0.701.